The first-order valence-corrected chi connectivity index (χ1v) is 8.83. The Bertz CT molecular complexity index is 543. The summed E-state index contributed by atoms with van der Waals surface area (Å²) >= 11 is 0. The van der Waals surface area contributed by atoms with E-state index in [2.05, 4.69) is 6.92 Å². The maximum atomic E-state index is 11.6. The van der Waals surface area contributed by atoms with Gasteiger partial charge in [0.25, 0.3) is 0 Å². The van der Waals surface area contributed by atoms with Gasteiger partial charge in [0, 0.05) is 12.0 Å². The summed E-state index contributed by atoms with van der Waals surface area (Å²) in [7, 11) is 0. The molecule has 0 amide bonds. The fourth-order valence-corrected chi connectivity index (χ4v) is 2.81. The van der Waals surface area contributed by atoms with Crippen molar-refractivity contribution in [3.05, 3.63) is 27.3 Å². The van der Waals surface area contributed by atoms with Crippen LogP contribution in [0, 0.1) is 13.8 Å². The van der Waals surface area contributed by atoms with Crippen LogP contribution in [0.15, 0.2) is 9.21 Å². The zero-order valence-corrected chi connectivity index (χ0v) is 15.1. The molecule has 0 aliphatic rings. The molecule has 4 nitrogen and oxygen atoms in total. The third-order valence-corrected chi connectivity index (χ3v) is 4.61. The summed E-state index contributed by atoms with van der Waals surface area (Å²) in [6.07, 6.45) is 8.91. The van der Waals surface area contributed by atoms with Gasteiger partial charge in [0.15, 0.2) is 0 Å². The van der Waals surface area contributed by atoms with Crippen molar-refractivity contribution in [3.63, 3.8) is 0 Å². The third kappa shape index (κ3) is 6.38. The van der Waals surface area contributed by atoms with E-state index in [0.717, 1.165) is 19.3 Å². The zero-order valence-electron chi connectivity index (χ0n) is 15.1. The molecule has 1 rings (SSSR count). The van der Waals surface area contributed by atoms with Gasteiger partial charge in [0.1, 0.15) is 11.5 Å². The zero-order chi connectivity index (χ0) is 17.5. The van der Waals surface area contributed by atoms with E-state index in [-0.39, 0.29) is 11.3 Å². The Hall–Kier alpha value is -1.29. The monoisotopic (exact) mass is 324 g/mol. The molecule has 2 N–H and O–H groups in total. The van der Waals surface area contributed by atoms with E-state index in [0.29, 0.717) is 24.2 Å². The largest absolute Gasteiger partial charge is 0.507 e. The summed E-state index contributed by atoms with van der Waals surface area (Å²) in [5, 5.41) is 20.4. The van der Waals surface area contributed by atoms with E-state index in [1.807, 2.05) is 6.92 Å². The SMILES string of the molecule is CCCCCCCC[C@](C)(O)CCc1oc(=O)c(C)c(O)c1C. The highest BCUT2D eigenvalue weighted by molar-refractivity contribution is 5.38. The molecule has 0 radical (unpaired) electrons. The minimum absolute atomic E-state index is 0.00631. The number of aryl methyl sites for hydroxylation is 1. The summed E-state index contributed by atoms with van der Waals surface area (Å²) in [5.74, 6) is 0.480. The normalized spacial score (nSPS) is 14.0. The second kappa shape index (κ2) is 9.11. The first-order chi connectivity index (χ1) is 10.8. The molecule has 0 aromatic carbocycles. The fraction of sp³-hybridized carbons (Fsp3) is 0.737. The Balaban J connectivity index is 2.48. The molecule has 0 fully saturated rings. The van der Waals surface area contributed by atoms with Gasteiger partial charge in [0.2, 0.25) is 0 Å². The van der Waals surface area contributed by atoms with Crippen LogP contribution in [0.5, 0.6) is 5.75 Å². The van der Waals surface area contributed by atoms with Crippen LogP contribution < -0.4 is 5.63 Å². The molecule has 23 heavy (non-hydrogen) atoms. The van der Waals surface area contributed by atoms with Gasteiger partial charge >= 0.3 is 5.63 Å². The topological polar surface area (TPSA) is 70.7 Å². The molecule has 132 valence electrons. The highest BCUT2D eigenvalue weighted by atomic mass is 16.4. The van der Waals surface area contributed by atoms with Crippen molar-refractivity contribution >= 4 is 0 Å². The summed E-state index contributed by atoms with van der Waals surface area (Å²) in [6.45, 7) is 7.32. The number of rotatable bonds is 10. The molecule has 0 aliphatic heterocycles. The van der Waals surface area contributed by atoms with Crippen molar-refractivity contribution in [2.24, 2.45) is 0 Å². The van der Waals surface area contributed by atoms with Crippen LogP contribution in [-0.2, 0) is 6.42 Å². The van der Waals surface area contributed by atoms with Crippen LogP contribution in [0.2, 0.25) is 0 Å². The number of aromatic hydroxyl groups is 1. The minimum Gasteiger partial charge on any atom is -0.507 e. The number of hydrogen-bond acceptors (Lipinski definition) is 4. The Morgan fingerprint density at radius 1 is 1.00 bits per heavy atom. The van der Waals surface area contributed by atoms with Gasteiger partial charge in [0.05, 0.1) is 11.2 Å². The van der Waals surface area contributed by atoms with E-state index in [1.165, 1.54) is 25.7 Å². The van der Waals surface area contributed by atoms with E-state index in [4.69, 9.17) is 4.42 Å². The predicted molar refractivity (Wildman–Crippen MR) is 93.1 cm³/mol. The van der Waals surface area contributed by atoms with Crippen LogP contribution >= 0.6 is 0 Å². The van der Waals surface area contributed by atoms with Crippen LogP contribution in [0.25, 0.3) is 0 Å². The molecule has 1 aromatic heterocycles. The molecule has 0 aliphatic carbocycles. The Morgan fingerprint density at radius 2 is 1.61 bits per heavy atom. The molecule has 1 heterocycles. The van der Waals surface area contributed by atoms with Crippen molar-refractivity contribution in [1.82, 2.24) is 0 Å². The van der Waals surface area contributed by atoms with E-state index in [1.54, 1.807) is 13.8 Å². The summed E-state index contributed by atoms with van der Waals surface area (Å²) in [6, 6.07) is 0. The number of unbranched alkanes of at least 4 members (excludes halogenated alkanes) is 5. The van der Waals surface area contributed by atoms with Crippen molar-refractivity contribution in [1.29, 1.82) is 0 Å². The lowest BCUT2D eigenvalue weighted by molar-refractivity contribution is 0.0380. The van der Waals surface area contributed by atoms with Crippen LogP contribution in [0.1, 0.15) is 82.1 Å². The Kier molecular flexibility index (Phi) is 7.83. The van der Waals surface area contributed by atoms with Gasteiger partial charge in [-0.2, -0.15) is 0 Å². The van der Waals surface area contributed by atoms with Crippen molar-refractivity contribution in [3.8, 4) is 5.75 Å². The molecule has 0 saturated carbocycles. The molecule has 4 heteroatoms. The summed E-state index contributed by atoms with van der Waals surface area (Å²) in [4.78, 5) is 11.6. The van der Waals surface area contributed by atoms with E-state index in [9.17, 15) is 15.0 Å². The smallest absolute Gasteiger partial charge is 0.342 e. The molecule has 0 bridgehead atoms. The second-order valence-electron chi connectivity index (χ2n) is 6.93. The van der Waals surface area contributed by atoms with Crippen molar-refractivity contribution in [2.75, 3.05) is 0 Å². The highest BCUT2D eigenvalue weighted by Gasteiger charge is 2.22. The van der Waals surface area contributed by atoms with Gasteiger partial charge < -0.3 is 14.6 Å². The molecule has 0 unspecified atom stereocenters. The quantitative estimate of drug-likeness (QED) is 0.626. The van der Waals surface area contributed by atoms with Crippen LogP contribution in [0.3, 0.4) is 0 Å². The van der Waals surface area contributed by atoms with Gasteiger partial charge in [-0.1, -0.05) is 45.4 Å². The van der Waals surface area contributed by atoms with Crippen molar-refractivity contribution < 1.29 is 14.6 Å². The van der Waals surface area contributed by atoms with Gasteiger partial charge in [-0.25, -0.2) is 4.79 Å². The standard InChI is InChI=1S/C19H32O4/c1-5-6-7-8-9-10-12-19(4,22)13-11-16-14(2)17(20)15(3)18(21)23-16/h20,22H,5-13H2,1-4H3/t19-/m0/s1. The summed E-state index contributed by atoms with van der Waals surface area (Å²) in [5.41, 5.74) is -0.433. The number of aliphatic hydroxyl groups is 1. The van der Waals surface area contributed by atoms with Gasteiger partial charge in [-0.3, -0.25) is 0 Å². The third-order valence-electron chi connectivity index (χ3n) is 4.61. The lowest BCUT2D eigenvalue weighted by atomic mass is 9.91. The highest BCUT2D eigenvalue weighted by Crippen LogP contribution is 2.26. The molecule has 0 saturated heterocycles. The van der Waals surface area contributed by atoms with E-state index < -0.39 is 11.2 Å². The first kappa shape index (κ1) is 19.8. The lowest BCUT2D eigenvalue weighted by Crippen LogP contribution is -2.25. The maximum absolute atomic E-state index is 11.6. The number of hydrogen-bond donors (Lipinski definition) is 2. The van der Waals surface area contributed by atoms with Gasteiger partial charge in [-0.15, -0.1) is 0 Å². The first-order valence-electron chi connectivity index (χ1n) is 8.83. The molecule has 1 aromatic rings. The Labute approximate surface area is 139 Å². The predicted octanol–water partition coefficient (Wildman–Crippen LogP) is 4.40. The average Bonchev–Trinajstić information content (AvgIpc) is 2.51. The summed E-state index contributed by atoms with van der Waals surface area (Å²) < 4.78 is 5.26. The van der Waals surface area contributed by atoms with Crippen LogP contribution in [-0.4, -0.2) is 15.8 Å². The fourth-order valence-electron chi connectivity index (χ4n) is 2.81. The van der Waals surface area contributed by atoms with Gasteiger partial charge in [-0.05, 0) is 33.6 Å². The van der Waals surface area contributed by atoms with E-state index >= 15 is 0 Å². The molecular weight excluding hydrogens is 292 g/mol. The molecular formula is C19H32O4. The lowest BCUT2D eigenvalue weighted by Gasteiger charge is -2.23. The second-order valence-corrected chi connectivity index (χ2v) is 6.93. The van der Waals surface area contributed by atoms with Crippen LogP contribution in [0.4, 0.5) is 0 Å². The average molecular weight is 324 g/mol. The molecule has 1 atom stereocenters. The molecule has 0 spiro atoms. The maximum Gasteiger partial charge on any atom is 0.342 e. The minimum atomic E-state index is -0.768. The van der Waals surface area contributed by atoms with Crippen molar-refractivity contribution in [2.45, 2.75) is 91.1 Å². The Morgan fingerprint density at radius 3 is 2.26 bits per heavy atom.